The molecule has 0 aliphatic carbocycles. The normalized spacial score (nSPS) is 10.9. The molecule has 1 aromatic heterocycles. The van der Waals surface area contributed by atoms with Crippen LogP contribution in [-0.2, 0) is 11.2 Å². The highest BCUT2D eigenvalue weighted by Gasteiger charge is 2.09. The summed E-state index contributed by atoms with van der Waals surface area (Å²) in [4.78, 5) is 16.4. The van der Waals surface area contributed by atoms with Crippen LogP contribution in [0.1, 0.15) is 5.56 Å². The second kappa shape index (κ2) is 10.3. The van der Waals surface area contributed by atoms with Crippen LogP contribution in [-0.4, -0.2) is 34.4 Å². The summed E-state index contributed by atoms with van der Waals surface area (Å²) in [6.45, 7) is -2.40. The molecule has 3 aromatic rings. The molecule has 1 N–H and O–H groups in total. The Kier molecular flexibility index (Phi) is 7.48. The fourth-order valence-corrected chi connectivity index (χ4v) is 3.49. The van der Waals surface area contributed by atoms with E-state index in [9.17, 15) is 13.6 Å². The molecule has 0 unspecified atom stereocenters. The van der Waals surface area contributed by atoms with Crippen LogP contribution in [0.3, 0.4) is 0 Å². The number of amides is 1. The minimum absolute atomic E-state index is 0.111. The molecule has 0 bridgehead atoms. The number of hydrogen-bond acceptors (Lipinski definition) is 4. The number of hydrogen-bond donors (Lipinski definition) is 1. The van der Waals surface area contributed by atoms with Crippen molar-refractivity contribution in [1.29, 1.82) is 0 Å². The third-order valence-electron chi connectivity index (χ3n) is 3.93. The standard InChI is InChI=1S/C20H18ClF2N3O2S/c21-15-3-5-16(6-4-15)26-12-11-25-20(26)29-13-18(27)24-10-9-14-1-7-17(8-2-14)28-19(22)23/h1-8,11-12,19H,9-10,13H2,(H,24,27). The van der Waals surface area contributed by atoms with Gasteiger partial charge in [0.15, 0.2) is 5.16 Å². The predicted octanol–water partition coefficient (Wildman–Crippen LogP) is 4.58. The average molecular weight is 438 g/mol. The zero-order valence-electron chi connectivity index (χ0n) is 15.2. The summed E-state index contributed by atoms with van der Waals surface area (Å²) < 4.78 is 30.5. The highest BCUT2D eigenvalue weighted by Crippen LogP contribution is 2.21. The Bertz CT molecular complexity index is 934. The van der Waals surface area contributed by atoms with E-state index in [1.807, 2.05) is 22.9 Å². The van der Waals surface area contributed by atoms with E-state index in [4.69, 9.17) is 11.6 Å². The molecule has 0 aliphatic heterocycles. The van der Waals surface area contributed by atoms with E-state index in [0.717, 1.165) is 11.3 Å². The first kappa shape index (κ1) is 21.1. The number of thioether (sulfide) groups is 1. The maximum Gasteiger partial charge on any atom is 0.387 e. The molecule has 0 radical (unpaired) electrons. The van der Waals surface area contributed by atoms with Crippen molar-refractivity contribution >= 4 is 29.3 Å². The smallest absolute Gasteiger partial charge is 0.387 e. The number of nitrogens with zero attached hydrogens (tertiary/aromatic N) is 2. The van der Waals surface area contributed by atoms with Crippen molar-refractivity contribution in [3.05, 3.63) is 71.5 Å². The molecular weight excluding hydrogens is 420 g/mol. The number of nitrogens with one attached hydrogen (secondary N) is 1. The Balaban J connectivity index is 1.44. The van der Waals surface area contributed by atoms with Gasteiger partial charge in [-0.3, -0.25) is 9.36 Å². The summed E-state index contributed by atoms with van der Waals surface area (Å²) in [7, 11) is 0. The molecule has 0 saturated carbocycles. The Morgan fingerprint density at radius 1 is 1.17 bits per heavy atom. The van der Waals surface area contributed by atoms with Crippen LogP contribution < -0.4 is 10.1 Å². The summed E-state index contributed by atoms with van der Waals surface area (Å²) in [5, 5.41) is 4.20. The fraction of sp³-hybridized carbons (Fsp3) is 0.200. The largest absolute Gasteiger partial charge is 0.435 e. The van der Waals surface area contributed by atoms with E-state index in [1.165, 1.54) is 23.9 Å². The number of carbonyl (C=O) groups excluding carboxylic acids is 1. The number of ether oxygens (including phenoxy) is 1. The lowest BCUT2D eigenvalue weighted by Crippen LogP contribution is -2.27. The molecule has 9 heteroatoms. The first-order chi connectivity index (χ1) is 14.0. The van der Waals surface area contributed by atoms with Crippen LogP contribution in [0.4, 0.5) is 8.78 Å². The van der Waals surface area contributed by atoms with Crippen molar-refractivity contribution in [2.45, 2.75) is 18.2 Å². The van der Waals surface area contributed by atoms with Crippen LogP contribution >= 0.6 is 23.4 Å². The number of rotatable bonds is 9. The van der Waals surface area contributed by atoms with Crippen molar-refractivity contribution in [2.75, 3.05) is 12.3 Å². The van der Waals surface area contributed by atoms with Gasteiger partial charge in [0.2, 0.25) is 5.91 Å². The molecular formula is C20H18ClF2N3O2S. The van der Waals surface area contributed by atoms with Crippen LogP contribution in [0.25, 0.3) is 5.69 Å². The number of carbonyl (C=O) groups is 1. The van der Waals surface area contributed by atoms with Crippen LogP contribution in [0.5, 0.6) is 5.75 Å². The molecule has 0 aliphatic rings. The van der Waals surface area contributed by atoms with Gasteiger partial charge < -0.3 is 10.1 Å². The number of aromatic nitrogens is 2. The summed E-state index contributed by atoms with van der Waals surface area (Å²) in [6.07, 6.45) is 4.09. The molecule has 0 spiro atoms. The van der Waals surface area contributed by atoms with E-state index in [1.54, 1.807) is 30.5 Å². The second-order valence-electron chi connectivity index (χ2n) is 5.97. The monoisotopic (exact) mass is 437 g/mol. The maximum absolute atomic E-state index is 12.1. The maximum atomic E-state index is 12.1. The summed E-state index contributed by atoms with van der Waals surface area (Å²) in [5.41, 5.74) is 1.83. The van der Waals surface area contributed by atoms with Crippen molar-refractivity contribution < 1.29 is 18.3 Å². The Morgan fingerprint density at radius 3 is 2.59 bits per heavy atom. The zero-order chi connectivity index (χ0) is 20.6. The van der Waals surface area contributed by atoms with E-state index < -0.39 is 6.61 Å². The average Bonchev–Trinajstić information content (AvgIpc) is 3.16. The molecule has 3 rings (SSSR count). The number of halogens is 3. The van der Waals surface area contributed by atoms with Gasteiger partial charge in [-0.2, -0.15) is 8.78 Å². The van der Waals surface area contributed by atoms with Crippen LogP contribution in [0, 0.1) is 0 Å². The van der Waals surface area contributed by atoms with Crippen molar-refractivity contribution in [2.24, 2.45) is 0 Å². The van der Waals surface area contributed by atoms with Gasteiger partial charge in [-0.1, -0.05) is 35.5 Å². The summed E-state index contributed by atoms with van der Waals surface area (Å²) in [5.74, 6) is 0.227. The third-order valence-corrected chi connectivity index (χ3v) is 5.15. The highest BCUT2D eigenvalue weighted by molar-refractivity contribution is 7.99. The molecule has 5 nitrogen and oxygen atoms in total. The van der Waals surface area contributed by atoms with Crippen molar-refractivity contribution in [3.8, 4) is 11.4 Å². The van der Waals surface area contributed by atoms with Crippen molar-refractivity contribution in [3.63, 3.8) is 0 Å². The third kappa shape index (κ3) is 6.47. The number of alkyl halides is 2. The zero-order valence-corrected chi connectivity index (χ0v) is 16.8. The molecule has 0 fully saturated rings. The van der Waals surface area contributed by atoms with Gasteiger partial charge >= 0.3 is 6.61 Å². The molecule has 0 atom stereocenters. The molecule has 1 heterocycles. The van der Waals surface area contributed by atoms with Crippen molar-refractivity contribution in [1.82, 2.24) is 14.9 Å². The van der Waals surface area contributed by atoms with Gasteiger partial charge in [0.25, 0.3) is 0 Å². The number of imidazole rings is 1. The molecule has 2 aromatic carbocycles. The Labute approximate surface area is 176 Å². The van der Waals surface area contributed by atoms with Crippen LogP contribution in [0.2, 0.25) is 5.02 Å². The Morgan fingerprint density at radius 2 is 1.90 bits per heavy atom. The van der Waals surface area contributed by atoms with Gasteiger partial charge in [0, 0.05) is 29.6 Å². The lowest BCUT2D eigenvalue weighted by Gasteiger charge is -2.09. The van der Waals surface area contributed by atoms with Gasteiger partial charge in [0.05, 0.1) is 5.75 Å². The van der Waals surface area contributed by atoms with Crippen LogP contribution in [0.15, 0.2) is 66.1 Å². The predicted molar refractivity (Wildman–Crippen MR) is 109 cm³/mol. The number of benzene rings is 2. The Hall–Kier alpha value is -2.58. The van der Waals surface area contributed by atoms with Gasteiger partial charge in [0.1, 0.15) is 5.75 Å². The molecule has 0 saturated heterocycles. The summed E-state index contributed by atoms with van der Waals surface area (Å²) in [6, 6.07) is 13.7. The fourth-order valence-electron chi connectivity index (χ4n) is 2.56. The minimum atomic E-state index is -2.84. The molecule has 152 valence electrons. The quantitative estimate of drug-likeness (QED) is 0.498. The second-order valence-corrected chi connectivity index (χ2v) is 7.35. The first-order valence-corrected chi connectivity index (χ1v) is 10.1. The molecule has 29 heavy (non-hydrogen) atoms. The van der Waals surface area contributed by atoms with Gasteiger partial charge in [-0.15, -0.1) is 0 Å². The summed E-state index contributed by atoms with van der Waals surface area (Å²) >= 11 is 7.25. The van der Waals surface area contributed by atoms with E-state index in [2.05, 4.69) is 15.0 Å². The highest BCUT2D eigenvalue weighted by atomic mass is 35.5. The first-order valence-electron chi connectivity index (χ1n) is 8.74. The minimum Gasteiger partial charge on any atom is -0.435 e. The van der Waals surface area contributed by atoms with E-state index in [0.29, 0.717) is 23.1 Å². The SMILES string of the molecule is O=C(CSc1nccn1-c1ccc(Cl)cc1)NCCc1ccc(OC(F)F)cc1. The van der Waals surface area contributed by atoms with Gasteiger partial charge in [-0.05, 0) is 48.4 Å². The van der Waals surface area contributed by atoms with E-state index >= 15 is 0 Å². The lowest BCUT2D eigenvalue weighted by atomic mass is 10.1. The lowest BCUT2D eigenvalue weighted by molar-refractivity contribution is -0.118. The van der Waals surface area contributed by atoms with E-state index in [-0.39, 0.29) is 17.4 Å². The molecule has 1 amide bonds. The van der Waals surface area contributed by atoms with Gasteiger partial charge in [-0.25, -0.2) is 4.98 Å². The topological polar surface area (TPSA) is 56.2 Å².